The van der Waals surface area contributed by atoms with Crippen molar-refractivity contribution >= 4 is 33.2 Å². The van der Waals surface area contributed by atoms with E-state index in [4.69, 9.17) is 0 Å². The first-order valence-electron chi connectivity index (χ1n) is 7.91. The van der Waals surface area contributed by atoms with Crippen molar-refractivity contribution in [3.63, 3.8) is 0 Å². The minimum atomic E-state index is -3.42. The maximum atomic E-state index is 12.3. The van der Waals surface area contributed by atoms with Crippen LogP contribution in [0.25, 0.3) is 0 Å². The van der Waals surface area contributed by atoms with Crippen LogP contribution in [0.15, 0.2) is 47.4 Å². The van der Waals surface area contributed by atoms with Gasteiger partial charge in [-0.15, -0.1) is 0 Å². The van der Waals surface area contributed by atoms with Crippen LogP contribution in [0.4, 0.5) is 5.69 Å². The predicted octanol–water partition coefficient (Wildman–Crippen LogP) is 3.69. The Hall–Kier alpha value is -1.99. The third-order valence-electron chi connectivity index (χ3n) is 3.64. The van der Waals surface area contributed by atoms with Crippen molar-refractivity contribution in [2.24, 2.45) is 0 Å². The van der Waals surface area contributed by atoms with E-state index in [-0.39, 0.29) is 22.1 Å². The first-order chi connectivity index (χ1) is 11.9. The molecule has 5 nitrogen and oxygen atoms in total. The van der Waals surface area contributed by atoms with Gasteiger partial charge in [-0.05, 0) is 41.6 Å². The lowest BCUT2D eigenvalue weighted by Crippen LogP contribution is -2.13. The molecule has 0 aliphatic carbocycles. The summed E-state index contributed by atoms with van der Waals surface area (Å²) in [6.45, 7) is 3.63. The highest BCUT2D eigenvalue weighted by atomic mass is 32.2. The normalized spacial score (nSPS) is 11.3. The molecule has 0 aliphatic heterocycles. The Bertz CT molecular complexity index is 846. The van der Waals surface area contributed by atoms with Gasteiger partial charge in [0.1, 0.15) is 5.75 Å². The van der Waals surface area contributed by atoms with Crippen LogP contribution >= 0.6 is 11.8 Å². The van der Waals surface area contributed by atoms with Gasteiger partial charge in [-0.2, -0.15) is 11.8 Å². The van der Waals surface area contributed by atoms with Crippen molar-refractivity contribution in [3.8, 4) is 5.75 Å². The second kappa shape index (κ2) is 8.40. The monoisotopic (exact) mass is 379 g/mol. The fourth-order valence-electron chi connectivity index (χ4n) is 2.14. The third-order valence-corrected chi connectivity index (χ3v) is 6.32. The molecular weight excluding hydrogens is 358 g/mol. The summed E-state index contributed by atoms with van der Waals surface area (Å²) in [6, 6.07) is 11.1. The molecule has 134 valence electrons. The van der Waals surface area contributed by atoms with Crippen LogP contribution in [0.2, 0.25) is 0 Å². The summed E-state index contributed by atoms with van der Waals surface area (Å²) in [6.07, 6.45) is 0. The van der Waals surface area contributed by atoms with Gasteiger partial charge >= 0.3 is 0 Å². The van der Waals surface area contributed by atoms with Crippen LogP contribution in [-0.4, -0.2) is 30.9 Å². The largest absolute Gasteiger partial charge is 0.506 e. The molecule has 0 saturated heterocycles. The molecule has 0 unspecified atom stereocenters. The molecule has 0 atom stereocenters. The van der Waals surface area contributed by atoms with Crippen LogP contribution in [0.5, 0.6) is 5.75 Å². The predicted molar refractivity (Wildman–Crippen MR) is 102 cm³/mol. The topological polar surface area (TPSA) is 83.5 Å². The van der Waals surface area contributed by atoms with Crippen LogP contribution in [-0.2, 0) is 15.6 Å². The minimum Gasteiger partial charge on any atom is -0.506 e. The Morgan fingerprint density at radius 2 is 1.80 bits per heavy atom. The van der Waals surface area contributed by atoms with E-state index in [2.05, 4.69) is 12.2 Å². The summed E-state index contributed by atoms with van der Waals surface area (Å²) in [5.74, 6) is 1.27. The fourth-order valence-corrected chi connectivity index (χ4v) is 3.68. The Morgan fingerprint density at radius 1 is 1.12 bits per heavy atom. The van der Waals surface area contributed by atoms with Gasteiger partial charge in [0, 0.05) is 11.3 Å². The maximum Gasteiger partial charge on any atom is 0.255 e. The van der Waals surface area contributed by atoms with Gasteiger partial charge in [0.05, 0.1) is 16.3 Å². The summed E-state index contributed by atoms with van der Waals surface area (Å²) in [5, 5.41) is 12.5. The number of hydrogen-bond acceptors (Lipinski definition) is 5. The van der Waals surface area contributed by atoms with Gasteiger partial charge in [-0.3, -0.25) is 4.79 Å². The lowest BCUT2D eigenvalue weighted by atomic mass is 10.1. The van der Waals surface area contributed by atoms with Crippen LogP contribution in [0.1, 0.15) is 29.8 Å². The first-order valence-corrected chi connectivity index (χ1v) is 10.7. The minimum absolute atomic E-state index is 0.0532. The molecule has 0 radical (unpaired) electrons. The number of carbonyl (C=O) groups excluding carboxylic acids is 1. The zero-order valence-electron chi connectivity index (χ0n) is 14.2. The number of aromatic hydroxyl groups is 1. The number of nitrogens with one attached hydrogen (secondary N) is 1. The van der Waals surface area contributed by atoms with Crippen LogP contribution in [0.3, 0.4) is 0 Å². The molecule has 2 aromatic rings. The van der Waals surface area contributed by atoms with Crippen molar-refractivity contribution < 1.29 is 18.3 Å². The van der Waals surface area contributed by atoms with Gasteiger partial charge in [-0.1, -0.05) is 26.0 Å². The number of phenolic OH excluding ortho intramolecular Hbond substituents is 1. The van der Waals surface area contributed by atoms with Gasteiger partial charge in [0.25, 0.3) is 5.91 Å². The van der Waals surface area contributed by atoms with Crippen molar-refractivity contribution in [2.75, 3.05) is 16.8 Å². The molecule has 0 spiro atoms. The van der Waals surface area contributed by atoms with Crippen molar-refractivity contribution in [1.29, 1.82) is 0 Å². The van der Waals surface area contributed by atoms with Crippen LogP contribution in [0, 0.1) is 0 Å². The average Bonchev–Trinajstić information content (AvgIpc) is 2.62. The molecule has 2 rings (SSSR count). The average molecular weight is 380 g/mol. The molecule has 0 heterocycles. The van der Waals surface area contributed by atoms with E-state index in [0.717, 1.165) is 17.1 Å². The van der Waals surface area contributed by atoms with E-state index in [0.29, 0.717) is 5.56 Å². The maximum absolute atomic E-state index is 12.3. The molecular formula is C18H21NO4S2. The smallest absolute Gasteiger partial charge is 0.255 e. The number of sulfone groups is 1. The van der Waals surface area contributed by atoms with E-state index in [1.54, 1.807) is 30.8 Å². The number of rotatable bonds is 7. The lowest BCUT2D eigenvalue weighted by molar-refractivity contribution is 0.102. The number of thioether (sulfide) groups is 1. The summed E-state index contributed by atoms with van der Waals surface area (Å²) >= 11 is 1.80. The highest BCUT2D eigenvalue weighted by molar-refractivity contribution is 7.98. The molecule has 0 bridgehead atoms. The standard InChI is InChI=1S/C18H21NO4S2/c1-3-24-12-13-5-7-14(8-6-13)18(21)19-16-11-15(9-10-17(16)20)25(22,23)4-2/h5-11,20H,3-4,12H2,1-2H3,(H,19,21). The second-order valence-corrected chi connectivity index (χ2v) is 8.92. The quantitative estimate of drug-likeness (QED) is 0.717. The van der Waals surface area contributed by atoms with E-state index >= 15 is 0 Å². The summed E-state index contributed by atoms with van der Waals surface area (Å²) < 4.78 is 23.9. The first kappa shape index (κ1) is 19.3. The number of benzene rings is 2. The molecule has 0 aliphatic rings. The Morgan fingerprint density at radius 3 is 2.40 bits per heavy atom. The van der Waals surface area contributed by atoms with Crippen LogP contribution < -0.4 is 5.32 Å². The van der Waals surface area contributed by atoms with Gasteiger partial charge in [0.15, 0.2) is 9.84 Å². The number of phenols is 1. The van der Waals surface area contributed by atoms with E-state index in [1.165, 1.54) is 18.2 Å². The summed E-state index contributed by atoms with van der Waals surface area (Å²) in [7, 11) is -3.42. The van der Waals surface area contributed by atoms with E-state index in [9.17, 15) is 18.3 Å². The molecule has 2 N–H and O–H groups in total. The third kappa shape index (κ3) is 4.99. The Kier molecular flexibility index (Phi) is 6.50. The lowest BCUT2D eigenvalue weighted by Gasteiger charge is -2.10. The van der Waals surface area contributed by atoms with E-state index < -0.39 is 15.7 Å². The van der Waals surface area contributed by atoms with Gasteiger partial charge in [-0.25, -0.2) is 8.42 Å². The zero-order valence-corrected chi connectivity index (χ0v) is 15.8. The second-order valence-electron chi connectivity index (χ2n) is 5.37. The molecule has 1 amide bonds. The zero-order chi connectivity index (χ0) is 18.4. The number of carbonyl (C=O) groups is 1. The highest BCUT2D eigenvalue weighted by Crippen LogP contribution is 2.27. The van der Waals surface area contributed by atoms with Gasteiger partial charge < -0.3 is 10.4 Å². The summed E-state index contributed by atoms with van der Waals surface area (Å²) in [5.41, 5.74) is 1.64. The molecule has 25 heavy (non-hydrogen) atoms. The van der Waals surface area contributed by atoms with Gasteiger partial charge in [0.2, 0.25) is 0 Å². The molecule has 2 aromatic carbocycles. The number of hydrogen-bond donors (Lipinski definition) is 2. The number of amides is 1. The summed E-state index contributed by atoms with van der Waals surface area (Å²) in [4.78, 5) is 12.4. The van der Waals surface area contributed by atoms with E-state index in [1.807, 2.05) is 12.1 Å². The van der Waals surface area contributed by atoms with Crippen molar-refractivity contribution in [1.82, 2.24) is 0 Å². The molecule has 0 saturated carbocycles. The molecule has 7 heteroatoms. The SMILES string of the molecule is CCSCc1ccc(C(=O)Nc2cc(S(=O)(=O)CC)ccc2O)cc1. The Labute approximate surface area is 152 Å². The number of anilines is 1. The molecule has 0 aromatic heterocycles. The Balaban J connectivity index is 2.18. The van der Waals surface area contributed by atoms with Crippen molar-refractivity contribution in [2.45, 2.75) is 24.5 Å². The molecule has 0 fully saturated rings. The van der Waals surface area contributed by atoms with Crippen molar-refractivity contribution in [3.05, 3.63) is 53.6 Å². The fraction of sp³-hybridized carbons (Fsp3) is 0.278. The highest BCUT2D eigenvalue weighted by Gasteiger charge is 2.16.